The number of likely N-dealkylation sites (tertiary alicyclic amines) is 1. The number of hydrogen-bond acceptors (Lipinski definition) is 4. The average molecular weight is 435 g/mol. The first-order valence-electron chi connectivity index (χ1n) is 8.13. The van der Waals surface area contributed by atoms with Gasteiger partial charge in [-0.2, -0.15) is 0 Å². The van der Waals surface area contributed by atoms with Gasteiger partial charge in [-0.3, -0.25) is 4.90 Å². The zero-order valence-corrected chi connectivity index (χ0v) is 17.0. The van der Waals surface area contributed by atoms with Crippen molar-refractivity contribution in [3.8, 4) is 0 Å². The fraction of sp³-hybridized carbons (Fsp3) is 0.750. The van der Waals surface area contributed by atoms with E-state index in [0.717, 1.165) is 18.8 Å². The molecule has 1 saturated heterocycles. The van der Waals surface area contributed by atoms with Gasteiger partial charge in [0.25, 0.3) is 0 Å². The Labute approximate surface area is 156 Å². The maximum Gasteiger partial charge on any atom is 0.216 e. The number of aliphatic imine (C=N–C) groups is 1. The molecule has 1 aromatic heterocycles. The van der Waals surface area contributed by atoms with E-state index in [1.807, 2.05) is 0 Å². The molecule has 2 heterocycles. The highest BCUT2D eigenvalue weighted by Crippen LogP contribution is 2.22. The molecule has 1 aromatic rings. The van der Waals surface area contributed by atoms with Crippen LogP contribution >= 0.6 is 24.0 Å². The molecule has 3 N–H and O–H groups in total. The van der Waals surface area contributed by atoms with Crippen LogP contribution in [-0.2, 0) is 12.0 Å². The first kappa shape index (κ1) is 20.2. The topological polar surface area (TPSA) is 79.7 Å². The lowest BCUT2D eigenvalue weighted by Gasteiger charge is -2.23. The summed E-state index contributed by atoms with van der Waals surface area (Å²) in [5.41, 5.74) is 5.89. The zero-order valence-electron chi connectivity index (χ0n) is 14.6. The van der Waals surface area contributed by atoms with Crippen molar-refractivity contribution in [3.63, 3.8) is 0 Å². The third-order valence-corrected chi connectivity index (χ3v) is 4.10. The van der Waals surface area contributed by atoms with Crippen LogP contribution in [0.1, 0.15) is 52.2 Å². The van der Waals surface area contributed by atoms with Crippen LogP contribution in [0, 0.1) is 0 Å². The lowest BCUT2D eigenvalue weighted by molar-refractivity contribution is 0.267. The van der Waals surface area contributed by atoms with E-state index >= 15 is 0 Å². The van der Waals surface area contributed by atoms with Crippen molar-refractivity contribution >= 4 is 29.9 Å². The fourth-order valence-corrected chi connectivity index (χ4v) is 2.70. The number of halogens is 1. The quantitative estimate of drug-likeness (QED) is 0.422. The smallest absolute Gasteiger partial charge is 0.216 e. The lowest BCUT2D eigenvalue weighted by Crippen LogP contribution is -2.42. The summed E-state index contributed by atoms with van der Waals surface area (Å²) in [7, 11) is 0. The third-order valence-electron chi connectivity index (χ3n) is 4.10. The molecule has 1 atom stereocenters. The predicted molar refractivity (Wildman–Crippen MR) is 104 cm³/mol. The molecule has 2 rings (SSSR count). The van der Waals surface area contributed by atoms with Crippen molar-refractivity contribution < 1.29 is 4.42 Å². The van der Waals surface area contributed by atoms with Crippen LogP contribution in [0.4, 0.5) is 0 Å². The van der Waals surface area contributed by atoms with Crippen LogP contribution in [-0.4, -0.2) is 41.5 Å². The Kier molecular flexibility index (Phi) is 7.79. The molecule has 1 fully saturated rings. The molecule has 0 saturated carbocycles. The largest absolute Gasteiger partial charge is 0.443 e. The van der Waals surface area contributed by atoms with E-state index in [4.69, 9.17) is 10.2 Å². The molecule has 0 radical (unpaired) electrons. The van der Waals surface area contributed by atoms with Crippen molar-refractivity contribution in [1.29, 1.82) is 0 Å². The minimum absolute atomic E-state index is 0. The Hall–Kier alpha value is -0.830. The number of nitrogens with zero attached hydrogens (tertiary/aromatic N) is 3. The van der Waals surface area contributed by atoms with Gasteiger partial charge in [0.1, 0.15) is 12.3 Å². The summed E-state index contributed by atoms with van der Waals surface area (Å²) in [6.45, 7) is 12.0. The Morgan fingerprint density at radius 2 is 2.26 bits per heavy atom. The Balaban J connectivity index is 0.00000264. The second-order valence-electron chi connectivity index (χ2n) is 6.88. The van der Waals surface area contributed by atoms with Gasteiger partial charge in [0.15, 0.2) is 5.96 Å². The third kappa shape index (κ3) is 5.95. The number of likely N-dealkylation sites (N-methyl/N-ethyl adjacent to an activating group) is 1. The van der Waals surface area contributed by atoms with Crippen LogP contribution in [0.5, 0.6) is 0 Å². The molecule has 132 valence electrons. The van der Waals surface area contributed by atoms with Crippen LogP contribution in [0.15, 0.2) is 15.6 Å². The highest BCUT2D eigenvalue weighted by Gasteiger charge is 2.22. The van der Waals surface area contributed by atoms with Gasteiger partial charge in [0.2, 0.25) is 5.89 Å². The monoisotopic (exact) mass is 435 g/mol. The maximum absolute atomic E-state index is 5.93. The minimum Gasteiger partial charge on any atom is -0.443 e. The standard InChI is InChI=1S/C16H29N5O.HI/c1-5-21-8-6-7-12(21)9-19-15(17)20-11-14-18-10-13(22-14)16(2,3)4;/h10,12H,5-9,11H2,1-4H3,(H3,17,19,20);1H. The molecule has 1 unspecified atom stereocenters. The first-order valence-corrected chi connectivity index (χ1v) is 8.13. The van der Waals surface area contributed by atoms with Crippen molar-refractivity contribution in [3.05, 3.63) is 17.8 Å². The van der Waals surface area contributed by atoms with E-state index in [0.29, 0.717) is 24.4 Å². The molecule has 0 bridgehead atoms. The predicted octanol–water partition coefficient (Wildman–Crippen LogP) is 2.48. The van der Waals surface area contributed by atoms with Crippen LogP contribution in [0.2, 0.25) is 0 Å². The number of oxazole rings is 1. The van der Waals surface area contributed by atoms with E-state index in [1.165, 1.54) is 19.4 Å². The average Bonchev–Trinajstić information content (AvgIpc) is 3.10. The Morgan fingerprint density at radius 1 is 1.52 bits per heavy atom. The molecular formula is C16H30IN5O. The van der Waals surface area contributed by atoms with Gasteiger partial charge < -0.3 is 15.5 Å². The fourth-order valence-electron chi connectivity index (χ4n) is 2.70. The highest BCUT2D eigenvalue weighted by molar-refractivity contribution is 14.0. The number of guanidine groups is 1. The molecule has 6 nitrogen and oxygen atoms in total. The number of hydrogen-bond donors (Lipinski definition) is 2. The normalized spacial score (nSPS) is 19.7. The summed E-state index contributed by atoms with van der Waals surface area (Å²) < 4.78 is 5.70. The summed E-state index contributed by atoms with van der Waals surface area (Å²) in [4.78, 5) is 11.0. The maximum atomic E-state index is 5.93. The van der Waals surface area contributed by atoms with Crippen molar-refractivity contribution in [2.75, 3.05) is 19.6 Å². The zero-order chi connectivity index (χ0) is 16.2. The Bertz CT molecular complexity index is 509. The molecule has 23 heavy (non-hydrogen) atoms. The van der Waals surface area contributed by atoms with Crippen molar-refractivity contribution in [1.82, 2.24) is 15.2 Å². The van der Waals surface area contributed by atoms with Gasteiger partial charge in [-0.15, -0.1) is 24.0 Å². The number of rotatable bonds is 5. The summed E-state index contributed by atoms with van der Waals surface area (Å²) in [5.74, 6) is 1.93. The molecule has 1 aliphatic rings. The van der Waals surface area contributed by atoms with E-state index in [1.54, 1.807) is 6.20 Å². The molecule has 1 aliphatic heterocycles. The molecule has 0 aliphatic carbocycles. The van der Waals surface area contributed by atoms with Gasteiger partial charge in [-0.05, 0) is 25.9 Å². The second-order valence-corrected chi connectivity index (χ2v) is 6.88. The van der Waals surface area contributed by atoms with E-state index in [9.17, 15) is 0 Å². The van der Waals surface area contributed by atoms with Gasteiger partial charge >= 0.3 is 0 Å². The summed E-state index contributed by atoms with van der Waals surface area (Å²) >= 11 is 0. The van der Waals surface area contributed by atoms with Gasteiger partial charge in [0, 0.05) is 18.0 Å². The SMILES string of the molecule is CCN1CCCC1CNC(N)=NCc1ncc(C(C)(C)C)o1.I. The second kappa shape index (κ2) is 8.86. The lowest BCUT2D eigenvalue weighted by atomic mass is 9.94. The van der Waals surface area contributed by atoms with E-state index in [-0.39, 0.29) is 29.4 Å². The van der Waals surface area contributed by atoms with Gasteiger partial charge in [-0.25, -0.2) is 9.98 Å². The van der Waals surface area contributed by atoms with Gasteiger partial charge in [-0.1, -0.05) is 27.7 Å². The first-order chi connectivity index (χ1) is 10.4. The molecule has 0 spiro atoms. The Morgan fingerprint density at radius 3 is 2.87 bits per heavy atom. The highest BCUT2D eigenvalue weighted by atomic mass is 127. The van der Waals surface area contributed by atoms with Crippen molar-refractivity contribution in [2.24, 2.45) is 10.7 Å². The summed E-state index contributed by atoms with van der Waals surface area (Å²) in [6, 6.07) is 0.563. The van der Waals surface area contributed by atoms with Crippen molar-refractivity contribution in [2.45, 2.75) is 58.5 Å². The minimum atomic E-state index is -0.0369. The molecule has 0 amide bonds. The molecular weight excluding hydrogens is 405 g/mol. The van der Waals surface area contributed by atoms with Crippen LogP contribution < -0.4 is 11.1 Å². The van der Waals surface area contributed by atoms with E-state index in [2.05, 4.69) is 47.9 Å². The van der Waals surface area contributed by atoms with Crippen LogP contribution in [0.25, 0.3) is 0 Å². The van der Waals surface area contributed by atoms with Gasteiger partial charge in [0.05, 0.1) is 6.20 Å². The van der Waals surface area contributed by atoms with E-state index < -0.39 is 0 Å². The van der Waals surface area contributed by atoms with Crippen LogP contribution in [0.3, 0.4) is 0 Å². The summed E-state index contributed by atoms with van der Waals surface area (Å²) in [5, 5.41) is 3.21. The number of nitrogens with two attached hydrogens (primary N) is 1. The number of aromatic nitrogens is 1. The molecule has 0 aromatic carbocycles. The molecule has 7 heteroatoms. The summed E-state index contributed by atoms with van der Waals surface area (Å²) in [6.07, 6.45) is 4.26. The number of nitrogens with one attached hydrogen (secondary N) is 1.